The van der Waals surface area contributed by atoms with Crippen LogP contribution in [0.3, 0.4) is 0 Å². The van der Waals surface area contributed by atoms with Gasteiger partial charge >= 0.3 is 0 Å². The van der Waals surface area contributed by atoms with Crippen LogP contribution < -0.4 is 0 Å². The van der Waals surface area contributed by atoms with Crippen LogP contribution in [0.25, 0.3) is 0 Å². The van der Waals surface area contributed by atoms with Crippen molar-refractivity contribution in [1.29, 1.82) is 0 Å². The molecule has 82 valence electrons. The van der Waals surface area contributed by atoms with E-state index in [1.807, 2.05) is 11.6 Å². The van der Waals surface area contributed by atoms with Gasteiger partial charge in [-0.2, -0.15) is 0 Å². The number of hydrogen-bond donors (Lipinski definition) is 0. The second-order valence-corrected chi connectivity index (χ2v) is 2.73. The zero-order valence-electron chi connectivity index (χ0n) is 7.75. The van der Waals surface area contributed by atoms with Crippen molar-refractivity contribution < 1.29 is 9.47 Å². The van der Waals surface area contributed by atoms with Crippen LogP contribution in [0.1, 0.15) is 11.9 Å². The SMILES string of the molecule is Cl.Cl.Cn1cnnc1C1COCCO1. The van der Waals surface area contributed by atoms with Crippen molar-refractivity contribution in [3.63, 3.8) is 0 Å². The molecule has 1 saturated heterocycles. The fourth-order valence-electron chi connectivity index (χ4n) is 1.22. The van der Waals surface area contributed by atoms with Crippen molar-refractivity contribution >= 4 is 24.8 Å². The van der Waals surface area contributed by atoms with Gasteiger partial charge in [-0.25, -0.2) is 0 Å². The second-order valence-electron chi connectivity index (χ2n) is 2.73. The zero-order valence-corrected chi connectivity index (χ0v) is 9.38. The maximum Gasteiger partial charge on any atom is 0.164 e. The molecule has 1 aliphatic heterocycles. The maximum atomic E-state index is 5.45. The molecule has 5 nitrogen and oxygen atoms in total. The van der Waals surface area contributed by atoms with Crippen LogP contribution in [0.2, 0.25) is 0 Å². The molecule has 7 heteroatoms. The van der Waals surface area contributed by atoms with Crippen LogP contribution in [0.15, 0.2) is 6.33 Å². The lowest BCUT2D eigenvalue weighted by atomic mass is 10.3. The van der Waals surface area contributed by atoms with Crippen LogP contribution in [0, 0.1) is 0 Å². The molecule has 2 heterocycles. The molecular formula is C7H13Cl2N3O2. The Kier molecular flexibility index (Phi) is 6.03. The predicted molar refractivity (Wildman–Crippen MR) is 55.0 cm³/mol. The van der Waals surface area contributed by atoms with Crippen molar-refractivity contribution in [3.8, 4) is 0 Å². The molecule has 0 spiro atoms. The minimum Gasteiger partial charge on any atom is -0.376 e. The molecule has 2 rings (SSSR count). The maximum absolute atomic E-state index is 5.45. The van der Waals surface area contributed by atoms with Gasteiger partial charge in [0.15, 0.2) is 5.82 Å². The zero-order chi connectivity index (χ0) is 8.39. The highest BCUT2D eigenvalue weighted by atomic mass is 35.5. The minimum absolute atomic E-state index is 0. The van der Waals surface area contributed by atoms with E-state index in [9.17, 15) is 0 Å². The van der Waals surface area contributed by atoms with Crippen LogP contribution >= 0.6 is 24.8 Å². The summed E-state index contributed by atoms with van der Waals surface area (Å²) in [7, 11) is 1.90. The summed E-state index contributed by atoms with van der Waals surface area (Å²) in [6.45, 7) is 1.89. The summed E-state index contributed by atoms with van der Waals surface area (Å²) in [5.41, 5.74) is 0. The number of nitrogens with zero attached hydrogens (tertiary/aromatic N) is 3. The van der Waals surface area contributed by atoms with Gasteiger partial charge in [-0.1, -0.05) is 0 Å². The Labute approximate surface area is 94.6 Å². The second kappa shape index (κ2) is 6.19. The van der Waals surface area contributed by atoms with Crippen LogP contribution in [0.4, 0.5) is 0 Å². The summed E-state index contributed by atoms with van der Waals surface area (Å²) in [6, 6.07) is 0. The fraction of sp³-hybridized carbons (Fsp3) is 0.714. The molecule has 0 N–H and O–H groups in total. The molecule has 0 aliphatic carbocycles. The molecular weight excluding hydrogens is 229 g/mol. The number of aryl methyl sites for hydroxylation is 1. The Morgan fingerprint density at radius 3 is 2.71 bits per heavy atom. The van der Waals surface area contributed by atoms with Gasteiger partial charge in [0.05, 0.1) is 19.8 Å². The van der Waals surface area contributed by atoms with Crippen molar-refractivity contribution in [3.05, 3.63) is 12.2 Å². The largest absolute Gasteiger partial charge is 0.376 e. The number of halogens is 2. The first-order valence-corrected chi connectivity index (χ1v) is 3.91. The molecule has 0 bridgehead atoms. The van der Waals surface area contributed by atoms with E-state index in [0.717, 1.165) is 5.82 Å². The topological polar surface area (TPSA) is 49.2 Å². The van der Waals surface area contributed by atoms with E-state index >= 15 is 0 Å². The first-order valence-electron chi connectivity index (χ1n) is 3.91. The van der Waals surface area contributed by atoms with Crippen molar-refractivity contribution in [2.45, 2.75) is 6.10 Å². The number of ether oxygens (including phenoxy) is 2. The number of rotatable bonds is 1. The van der Waals surface area contributed by atoms with E-state index in [4.69, 9.17) is 9.47 Å². The quantitative estimate of drug-likeness (QED) is 0.729. The standard InChI is InChI=1S/C7H11N3O2.2ClH/c1-10-5-8-9-7(10)6-4-11-2-3-12-6;;/h5-6H,2-4H2,1H3;2*1H. The van der Waals surface area contributed by atoms with Crippen LogP contribution in [-0.4, -0.2) is 34.6 Å². The van der Waals surface area contributed by atoms with Gasteiger partial charge in [0.1, 0.15) is 12.4 Å². The predicted octanol–water partition coefficient (Wildman–Crippen LogP) is 0.747. The Bertz CT molecular complexity index is 263. The van der Waals surface area contributed by atoms with Gasteiger partial charge < -0.3 is 14.0 Å². The molecule has 1 atom stereocenters. The van der Waals surface area contributed by atoms with Gasteiger partial charge in [-0.05, 0) is 0 Å². The first-order chi connectivity index (χ1) is 5.88. The third-order valence-corrected chi connectivity index (χ3v) is 1.85. The molecule has 0 amide bonds. The molecule has 0 aromatic carbocycles. The molecule has 14 heavy (non-hydrogen) atoms. The Balaban J connectivity index is 0.000000845. The monoisotopic (exact) mass is 241 g/mol. The van der Waals surface area contributed by atoms with E-state index in [-0.39, 0.29) is 30.9 Å². The lowest BCUT2D eigenvalue weighted by molar-refractivity contribution is -0.0945. The third kappa shape index (κ3) is 2.81. The van der Waals surface area contributed by atoms with Crippen molar-refractivity contribution in [1.82, 2.24) is 14.8 Å². The van der Waals surface area contributed by atoms with Crippen molar-refractivity contribution in [2.24, 2.45) is 7.05 Å². The van der Waals surface area contributed by atoms with Gasteiger partial charge in [-0.3, -0.25) is 0 Å². The summed E-state index contributed by atoms with van der Waals surface area (Å²) in [5, 5.41) is 7.72. The summed E-state index contributed by atoms with van der Waals surface area (Å²) in [4.78, 5) is 0. The molecule has 1 unspecified atom stereocenters. The van der Waals surface area contributed by atoms with Crippen molar-refractivity contribution in [2.75, 3.05) is 19.8 Å². The Morgan fingerprint density at radius 2 is 2.21 bits per heavy atom. The fourth-order valence-corrected chi connectivity index (χ4v) is 1.22. The number of aromatic nitrogens is 3. The van der Waals surface area contributed by atoms with Gasteiger partial charge in [-0.15, -0.1) is 35.0 Å². The summed E-state index contributed by atoms with van der Waals surface area (Å²) < 4.78 is 12.6. The van der Waals surface area contributed by atoms with Gasteiger partial charge in [0.25, 0.3) is 0 Å². The lowest BCUT2D eigenvalue weighted by Crippen LogP contribution is -2.24. The smallest absolute Gasteiger partial charge is 0.164 e. The first kappa shape index (κ1) is 13.6. The molecule has 1 fully saturated rings. The Hall–Kier alpha value is -0.360. The van der Waals surface area contributed by atoms with E-state index < -0.39 is 0 Å². The molecule has 0 saturated carbocycles. The highest BCUT2D eigenvalue weighted by Crippen LogP contribution is 2.16. The number of hydrogen-bond acceptors (Lipinski definition) is 4. The van der Waals surface area contributed by atoms with Crippen LogP contribution in [0.5, 0.6) is 0 Å². The van der Waals surface area contributed by atoms with E-state index in [1.54, 1.807) is 6.33 Å². The average molecular weight is 242 g/mol. The summed E-state index contributed by atoms with van der Waals surface area (Å²) in [6.07, 6.45) is 1.61. The van der Waals surface area contributed by atoms with E-state index in [0.29, 0.717) is 19.8 Å². The minimum atomic E-state index is -0.0498. The molecule has 1 aliphatic rings. The highest BCUT2D eigenvalue weighted by Gasteiger charge is 2.20. The molecule has 0 radical (unpaired) electrons. The lowest BCUT2D eigenvalue weighted by Gasteiger charge is -2.21. The van der Waals surface area contributed by atoms with Gasteiger partial charge in [0, 0.05) is 7.05 Å². The molecule has 1 aromatic rings. The Morgan fingerprint density at radius 1 is 1.43 bits per heavy atom. The average Bonchev–Trinajstić information content (AvgIpc) is 2.53. The molecule has 1 aromatic heterocycles. The normalized spacial score (nSPS) is 20.8. The summed E-state index contributed by atoms with van der Waals surface area (Å²) >= 11 is 0. The van der Waals surface area contributed by atoms with Gasteiger partial charge in [0.2, 0.25) is 0 Å². The van der Waals surface area contributed by atoms with Crippen LogP contribution in [-0.2, 0) is 16.5 Å². The van der Waals surface area contributed by atoms with E-state index in [1.165, 1.54) is 0 Å². The summed E-state index contributed by atoms with van der Waals surface area (Å²) in [5.74, 6) is 0.828. The highest BCUT2D eigenvalue weighted by molar-refractivity contribution is 5.85. The third-order valence-electron chi connectivity index (χ3n) is 1.85. The van der Waals surface area contributed by atoms with E-state index in [2.05, 4.69) is 10.2 Å².